The molecule has 0 saturated carbocycles. The molecule has 1 aromatic carbocycles. The van der Waals surface area contributed by atoms with Gasteiger partial charge in [-0.25, -0.2) is 18.7 Å². The Balaban J connectivity index is 0.00000177. The smallest absolute Gasteiger partial charge is 0.270 e. The highest BCUT2D eigenvalue weighted by Gasteiger charge is 2.34. The van der Waals surface area contributed by atoms with Crippen molar-refractivity contribution >= 4 is 23.6 Å². The molecule has 6 nitrogen and oxygen atoms in total. The van der Waals surface area contributed by atoms with E-state index in [1.807, 2.05) is 83.1 Å². The van der Waals surface area contributed by atoms with Gasteiger partial charge in [0.15, 0.2) is 0 Å². The number of halogens is 2. The third-order valence-electron chi connectivity index (χ3n) is 8.36. The van der Waals surface area contributed by atoms with Crippen molar-refractivity contribution in [3.8, 4) is 11.1 Å². The molecule has 0 radical (unpaired) electrons. The minimum absolute atomic E-state index is 0.0589. The van der Waals surface area contributed by atoms with Crippen molar-refractivity contribution in [2.45, 2.75) is 99.1 Å². The van der Waals surface area contributed by atoms with E-state index in [0.717, 1.165) is 73.5 Å². The Hall–Kier alpha value is -3.81. The summed E-state index contributed by atoms with van der Waals surface area (Å²) >= 11 is 0. The first-order chi connectivity index (χ1) is 22.1. The van der Waals surface area contributed by atoms with Crippen molar-refractivity contribution in [3.63, 3.8) is 0 Å². The van der Waals surface area contributed by atoms with Crippen LogP contribution in [-0.4, -0.2) is 65.5 Å². The highest BCUT2D eigenvalue weighted by molar-refractivity contribution is 5.89. The lowest BCUT2D eigenvalue weighted by Gasteiger charge is -2.39. The van der Waals surface area contributed by atoms with Crippen LogP contribution in [0.2, 0.25) is 0 Å². The van der Waals surface area contributed by atoms with Crippen molar-refractivity contribution < 1.29 is 13.6 Å². The summed E-state index contributed by atoms with van der Waals surface area (Å²) in [6, 6.07) is 6.24. The molecule has 0 aliphatic carbocycles. The standard InChI is InChI=1S/C34H43F2N5O.2C2H6/c1-7-9-11-12-28(25(4)34(6,35)36)21-41-26(5)24(3)31-15-14-27(18-32(31)41)29-19-37-33(38-20-29)39-16-17-40(23-42)30(22-39)13-10-8-2;2*1-2/h9,11-12,14-15,18-20,23,26,30H,3-4,7-8,10,13,16-17,21-22H2,1-2,5-6H3;2*1-2H3/b11-9-,28-12-;;. The zero-order valence-corrected chi connectivity index (χ0v) is 29.3. The number of alkyl halides is 2. The molecule has 0 bridgehead atoms. The minimum atomic E-state index is -3.02. The van der Waals surface area contributed by atoms with Gasteiger partial charge in [0, 0.05) is 73.9 Å². The van der Waals surface area contributed by atoms with Gasteiger partial charge in [0.2, 0.25) is 12.4 Å². The SMILES string of the molecule is C=C1c2ccc(-c3cnc(N4CCN(C=O)C(CCCC)C4)nc3)cc2N(C/C(=C/C=C\CC)C(=C)C(C)(F)F)C1C.CC.CC. The van der Waals surface area contributed by atoms with Crippen molar-refractivity contribution in [1.29, 1.82) is 0 Å². The number of rotatable bonds is 12. The third-order valence-corrected chi connectivity index (χ3v) is 8.36. The van der Waals surface area contributed by atoms with Gasteiger partial charge >= 0.3 is 0 Å². The summed E-state index contributed by atoms with van der Waals surface area (Å²) in [5, 5.41) is 0. The minimum Gasteiger partial charge on any atom is -0.360 e. The van der Waals surface area contributed by atoms with E-state index < -0.39 is 5.92 Å². The van der Waals surface area contributed by atoms with Gasteiger partial charge < -0.3 is 14.7 Å². The van der Waals surface area contributed by atoms with Crippen LogP contribution in [0.25, 0.3) is 16.7 Å². The van der Waals surface area contributed by atoms with Crippen LogP contribution in [0.4, 0.5) is 20.4 Å². The van der Waals surface area contributed by atoms with Crippen LogP contribution in [0.5, 0.6) is 0 Å². The molecule has 8 heteroatoms. The molecule has 2 aliphatic heterocycles. The topological polar surface area (TPSA) is 52.6 Å². The fraction of sp³-hybridized carbons (Fsp3) is 0.500. The van der Waals surface area contributed by atoms with Gasteiger partial charge in [-0.3, -0.25) is 4.79 Å². The number of unbranched alkanes of at least 4 members (excludes halogenated alkanes) is 1. The fourth-order valence-electron chi connectivity index (χ4n) is 5.62. The van der Waals surface area contributed by atoms with E-state index in [0.29, 0.717) is 24.6 Å². The Labute approximate surface area is 276 Å². The number of carbonyl (C=O) groups is 1. The van der Waals surface area contributed by atoms with Gasteiger partial charge in [-0.2, -0.15) is 0 Å². The second-order valence-electron chi connectivity index (χ2n) is 11.3. The number of allylic oxidation sites excluding steroid dienone is 3. The largest absolute Gasteiger partial charge is 0.360 e. The van der Waals surface area contributed by atoms with Crippen LogP contribution >= 0.6 is 0 Å². The van der Waals surface area contributed by atoms with Crippen LogP contribution < -0.4 is 9.80 Å². The lowest BCUT2D eigenvalue weighted by Crippen LogP contribution is -2.53. The maximum absolute atomic E-state index is 14.3. The molecule has 3 heterocycles. The predicted octanol–water partition coefficient (Wildman–Crippen LogP) is 9.36. The average Bonchev–Trinajstić information content (AvgIpc) is 3.31. The first-order valence-corrected chi connectivity index (χ1v) is 16.9. The maximum atomic E-state index is 14.3. The molecule has 46 heavy (non-hydrogen) atoms. The molecule has 1 saturated heterocycles. The zero-order valence-electron chi connectivity index (χ0n) is 29.3. The highest BCUT2D eigenvalue weighted by Crippen LogP contribution is 2.43. The number of amides is 1. The molecule has 1 fully saturated rings. The van der Waals surface area contributed by atoms with Crippen LogP contribution in [-0.2, 0) is 4.79 Å². The summed E-state index contributed by atoms with van der Waals surface area (Å²) < 4.78 is 28.7. The molecular weight excluding hydrogens is 580 g/mol. The van der Waals surface area contributed by atoms with Crippen molar-refractivity contribution in [3.05, 3.63) is 78.7 Å². The molecule has 2 aliphatic rings. The summed E-state index contributed by atoms with van der Waals surface area (Å²) in [6.45, 7) is 25.5. The molecule has 0 N–H and O–H groups in total. The molecule has 2 atom stereocenters. The Morgan fingerprint density at radius 2 is 1.76 bits per heavy atom. The summed E-state index contributed by atoms with van der Waals surface area (Å²) in [5.41, 5.74) is 5.02. The molecule has 1 aromatic heterocycles. The number of hydrogen-bond donors (Lipinski definition) is 0. The number of aromatic nitrogens is 2. The summed E-state index contributed by atoms with van der Waals surface area (Å²) in [6.07, 6.45) is 14.1. The summed E-state index contributed by atoms with van der Waals surface area (Å²) in [4.78, 5) is 27.1. The number of nitrogens with zero attached hydrogens (tertiary/aromatic N) is 5. The molecule has 2 aromatic rings. The number of fused-ring (bicyclic) bond motifs is 1. The molecule has 2 unspecified atom stereocenters. The number of benzene rings is 1. The zero-order chi connectivity index (χ0) is 34.4. The Kier molecular flexibility index (Phi) is 15.3. The van der Waals surface area contributed by atoms with E-state index in [1.54, 1.807) is 6.08 Å². The monoisotopic (exact) mass is 635 g/mol. The average molecular weight is 636 g/mol. The van der Waals surface area contributed by atoms with Crippen molar-refractivity contribution in [1.82, 2.24) is 14.9 Å². The highest BCUT2D eigenvalue weighted by atomic mass is 19.3. The Morgan fingerprint density at radius 3 is 2.35 bits per heavy atom. The number of hydrogen-bond acceptors (Lipinski definition) is 5. The van der Waals surface area contributed by atoms with Crippen molar-refractivity contribution in [2.24, 2.45) is 0 Å². The van der Waals surface area contributed by atoms with E-state index in [2.05, 4.69) is 35.9 Å². The lowest BCUT2D eigenvalue weighted by molar-refractivity contribution is -0.120. The number of piperazine rings is 1. The number of anilines is 2. The normalized spacial score (nSPS) is 18.1. The van der Waals surface area contributed by atoms with E-state index in [9.17, 15) is 13.6 Å². The molecule has 0 spiro atoms. The first kappa shape index (κ1) is 38.4. The second kappa shape index (κ2) is 18.4. The van der Waals surface area contributed by atoms with Gasteiger partial charge in [0.05, 0.1) is 6.04 Å². The van der Waals surface area contributed by atoms with Gasteiger partial charge in [-0.05, 0) is 42.5 Å². The van der Waals surface area contributed by atoms with Gasteiger partial charge in [0.25, 0.3) is 5.92 Å². The lowest BCUT2D eigenvalue weighted by atomic mass is 10.0. The Bertz CT molecular complexity index is 1350. The summed E-state index contributed by atoms with van der Waals surface area (Å²) in [5.74, 6) is -2.37. The predicted molar refractivity (Wildman–Crippen MR) is 192 cm³/mol. The first-order valence-electron chi connectivity index (χ1n) is 16.9. The van der Waals surface area contributed by atoms with Crippen molar-refractivity contribution in [2.75, 3.05) is 36.0 Å². The fourth-order valence-corrected chi connectivity index (χ4v) is 5.62. The van der Waals surface area contributed by atoms with E-state index in [4.69, 9.17) is 9.97 Å². The van der Waals surface area contributed by atoms with Gasteiger partial charge in [0.1, 0.15) is 0 Å². The Morgan fingerprint density at radius 1 is 1.09 bits per heavy atom. The molecular formula is C38H55F2N5O. The second-order valence-corrected chi connectivity index (χ2v) is 11.3. The van der Waals surface area contributed by atoms with E-state index in [-0.39, 0.29) is 24.2 Å². The van der Waals surface area contributed by atoms with Crippen LogP contribution in [0.15, 0.2) is 73.1 Å². The third kappa shape index (κ3) is 9.36. The molecule has 252 valence electrons. The van der Waals surface area contributed by atoms with Crippen LogP contribution in [0, 0.1) is 0 Å². The quantitative estimate of drug-likeness (QED) is 0.172. The number of carbonyl (C=O) groups excluding carboxylic acids is 1. The molecule has 1 amide bonds. The van der Waals surface area contributed by atoms with E-state index in [1.165, 1.54) is 0 Å². The van der Waals surface area contributed by atoms with Crippen LogP contribution in [0.3, 0.4) is 0 Å². The molecule has 4 rings (SSSR count). The maximum Gasteiger partial charge on any atom is 0.270 e. The summed E-state index contributed by atoms with van der Waals surface area (Å²) in [7, 11) is 0. The van der Waals surface area contributed by atoms with E-state index >= 15 is 0 Å². The van der Waals surface area contributed by atoms with Gasteiger partial charge in [-0.1, -0.05) is 97.9 Å². The van der Waals surface area contributed by atoms with Gasteiger partial charge in [-0.15, -0.1) is 0 Å². The van der Waals surface area contributed by atoms with Crippen LogP contribution in [0.1, 0.15) is 86.6 Å².